The molecule has 1 aromatic carbocycles. The molecule has 0 aliphatic heterocycles. The quantitative estimate of drug-likeness (QED) is 0.368. The lowest BCUT2D eigenvalue weighted by Gasteiger charge is -2.21. The first-order valence-corrected chi connectivity index (χ1v) is 9.57. The van der Waals surface area contributed by atoms with Crippen LogP contribution in [-0.4, -0.2) is 41.0 Å². The van der Waals surface area contributed by atoms with Gasteiger partial charge in [-0.3, -0.25) is 4.40 Å². The molecule has 0 atom stereocenters. The number of halogens is 5. The number of nitrogens with zero attached hydrogens (tertiary/aromatic N) is 5. The van der Waals surface area contributed by atoms with Crippen molar-refractivity contribution in [2.75, 3.05) is 0 Å². The van der Waals surface area contributed by atoms with Gasteiger partial charge in [-0.05, 0) is 41.5 Å². The molecule has 5 rings (SSSR count). The lowest BCUT2D eigenvalue weighted by molar-refractivity contribution is -0.290. The lowest BCUT2D eigenvalue weighted by atomic mass is 9.98. The second-order valence-corrected chi connectivity index (χ2v) is 7.30. The van der Waals surface area contributed by atoms with Gasteiger partial charge in [0, 0.05) is 17.1 Å². The largest absolute Gasteiger partial charge is 0.508 e. The van der Waals surface area contributed by atoms with Crippen molar-refractivity contribution < 1.29 is 36.6 Å². The number of phenols is 1. The highest BCUT2D eigenvalue weighted by Gasteiger charge is 2.60. The van der Waals surface area contributed by atoms with Gasteiger partial charge >= 0.3 is 12.1 Å². The summed E-state index contributed by atoms with van der Waals surface area (Å²) in [6, 6.07) is 7.46. The van der Waals surface area contributed by atoms with Gasteiger partial charge in [0.15, 0.2) is 0 Å². The maximum atomic E-state index is 14.4. The third-order valence-electron chi connectivity index (χ3n) is 5.22. The minimum atomic E-state index is -5.89. The van der Waals surface area contributed by atoms with Crippen LogP contribution in [0.1, 0.15) is 11.3 Å². The molecule has 174 valence electrons. The molecular formula is C21H12F5N5O3. The maximum absolute atomic E-state index is 14.4. The minimum absolute atomic E-state index is 0.0139. The monoisotopic (exact) mass is 477 g/mol. The summed E-state index contributed by atoms with van der Waals surface area (Å²) in [5.74, 6) is -5.50. The summed E-state index contributed by atoms with van der Waals surface area (Å²) in [6.07, 6.45) is -3.51. The van der Waals surface area contributed by atoms with Crippen LogP contribution in [0.3, 0.4) is 0 Å². The zero-order valence-electron chi connectivity index (χ0n) is 16.8. The molecule has 0 unspecified atom stereocenters. The van der Waals surface area contributed by atoms with Crippen molar-refractivity contribution in [3.8, 4) is 28.5 Å². The number of hydrogen-bond acceptors (Lipinski definition) is 7. The van der Waals surface area contributed by atoms with Crippen LogP contribution in [0.15, 0.2) is 53.4 Å². The van der Waals surface area contributed by atoms with E-state index >= 15 is 0 Å². The van der Waals surface area contributed by atoms with E-state index in [-0.39, 0.29) is 50.7 Å². The van der Waals surface area contributed by atoms with Gasteiger partial charge in [0.25, 0.3) is 5.89 Å². The standard InChI is InChI=1S/C21H12F5N5O3/c22-20(23,21(24,25)26)16-6-13(10-1-3-15(33)11(5-10)8-32)12-2-4-17-28-14(19-30-27-9-34-19)7-31(17)18(12)29-16/h1-7,9,32-33H,8H2. The number of fused-ring (bicyclic) bond motifs is 3. The molecule has 0 fully saturated rings. The highest BCUT2D eigenvalue weighted by atomic mass is 19.4. The van der Waals surface area contributed by atoms with Crippen LogP contribution in [0.25, 0.3) is 39.4 Å². The average molecular weight is 477 g/mol. The number of alkyl halides is 5. The first-order chi connectivity index (χ1) is 16.1. The van der Waals surface area contributed by atoms with Gasteiger partial charge in [0.2, 0.25) is 6.39 Å². The molecular weight excluding hydrogens is 465 g/mol. The normalized spacial score (nSPS) is 12.6. The molecule has 2 N–H and O–H groups in total. The van der Waals surface area contributed by atoms with E-state index in [0.29, 0.717) is 6.07 Å². The van der Waals surface area contributed by atoms with E-state index in [4.69, 9.17) is 4.42 Å². The number of benzene rings is 1. The van der Waals surface area contributed by atoms with E-state index in [0.717, 1.165) is 6.39 Å². The summed E-state index contributed by atoms with van der Waals surface area (Å²) < 4.78 is 74.8. The number of aromatic hydroxyl groups is 1. The van der Waals surface area contributed by atoms with E-state index in [2.05, 4.69) is 20.2 Å². The van der Waals surface area contributed by atoms with Gasteiger partial charge in [-0.1, -0.05) is 6.07 Å². The van der Waals surface area contributed by atoms with Crippen LogP contribution in [0, 0.1) is 0 Å². The fourth-order valence-corrected chi connectivity index (χ4v) is 3.54. The fraction of sp³-hybridized carbons (Fsp3) is 0.143. The molecule has 4 aromatic heterocycles. The van der Waals surface area contributed by atoms with Gasteiger partial charge in [-0.25, -0.2) is 9.97 Å². The van der Waals surface area contributed by atoms with Crippen LogP contribution in [0.2, 0.25) is 0 Å². The maximum Gasteiger partial charge on any atom is 0.459 e. The minimum Gasteiger partial charge on any atom is -0.508 e. The topological polar surface area (TPSA) is 110 Å². The van der Waals surface area contributed by atoms with Gasteiger partial charge < -0.3 is 14.6 Å². The smallest absolute Gasteiger partial charge is 0.459 e. The molecule has 0 aliphatic rings. The van der Waals surface area contributed by atoms with Crippen molar-refractivity contribution in [2.45, 2.75) is 18.7 Å². The summed E-state index contributed by atoms with van der Waals surface area (Å²) in [6.45, 7) is -0.576. The zero-order valence-corrected chi connectivity index (χ0v) is 16.8. The Bertz CT molecular complexity index is 1530. The number of pyridine rings is 2. The Hall–Kier alpha value is -4.13. The Morgan fingerprint density at radius 3 is 2.47 bits per heavy atom. The van der Waals surface area contributed by atoms with Gasteiger partial charge in [-0.2, -0.15) is 22.0 Å². The molecule has 0 amide bonds. The molecule has 0 aliphatic carbocycles. The number of aromatic nitrogens is 5. The molecule has 0 radical (unpaired) electrons. The fourth-order valence-electron chi connectivity index (χ4n) is 3.54. The third kappa shape index (κ3) is 3.32. The second-order valence-electron chi connectivity index (χ2n) is 7.30. The lowest BCUT2D eigenvalue weighted by Crippen LogP contribution is -2.34. The first kappa shape index (κ1) is 21.7. The van der Waals surface area contributed by atoms with Crippen LogP contribution < -0.4 is 0 Å². The second kappa shape index (κ2) is 7.45. The average Bonchev–Trinajstić information content (AvgIpc) is 3.47. The zero-order chi connectivity index (χ0) is 24.3. The Labute approximate surface area is 185 Å². The van der Waals surface area contributed by atoms with Crippen molar-refractivity contribution in [2.24, 2.45) is 0 Å². The number of imidazole rings is 1. The van der Waals surface area contributed by atoms with Crippen molar-refractivity contribution in [1.29, 1.82) is 0 Å². The SMILES string of the molecule is OCc1cc(-c2cc(C(F)(F)C(F)(F)F)nc3c2ccc2nc(-c4nnco4)cn23)ccc1O. The van der Waals surface area contributed by atoms with Crippen molar-refractivity contribution >= 4 is 16.7 Å². The van der Waals surface area contributed by atoms with Crippen LogP contribution in [0.4, 0.5) is 22.0 Å². The molecule has 34 heavy (non-hydrogen) atoms. The number of aliphatic hydroxyl groups excluding tert-OH is 1. The predicted octanol–water partition coefficient (Wildman–Crippen LogP) is 4.45. The summed E-state index contributed by atoms with van der Waals surface area (Å²) in [5.41, 5.74) is -1.18. The van der Waals surface area contributed by atoms with Crippen molar-refractivity contribution in [3.05, 3.63) is 60.2 Å². The Morgan fingerprint density at radius 1 is 1.00 bits per heavy atom. The van der Waals surface area contributed by atoms with Gasteiger partial charge in [-0.15, -0.1) is 10.2 Å². The van der Waals surface area contributed by atoms with E-state index in [9.17, 15) is 32.2 Å². The molecule has 0 bridgehead atoms. The summed E-state index contributed by atoms with van der Waals surface area (Å²) in [7, 11) is 0. The highest BCUT2D eigenvalue weighted by Crippen LogP contribution is 2.45. The van der Waals surface area contributed by atoms with E-state index in [1.54, 1.807) is 0 Å². The summed E-state index contributed by atoms with van der Waals surface area (Å²) in [5, 5.41) is 26.8. The number of rotatable bonds is 4. The first-order valence-electron chi connectivity index (χ1n) is 9.57. The van der Waals surface area contributed by atoms with Crippen LogP contribution >= 0.6 is 0 Å². The molecule has 13 heteroatoms. The predicted molar refractivity (Wildman–Crippen MR) is 107 cm³/mol. The molecule has 0 saturated heterocycles. The molecule has 0 spiro atoms. The van der Waals surface area contributed by atoms with E-state index in [1.807, 2.05) is 0 Å². The Morgan fingerprint density at radius 2 is 1.79 bits per heavy atom. The molecule has 0 saturated carbocycles. The summed E-state index contributed by atoms with van der Waals surface area (Å²) in [4.78, 5) is 7.91. The number of aliphatic hydroxyl groups is 1. The third-order valence-corrected chi connectivity index (χ3v) is 5.22. The highest BCUT2D eigenvalue weighted by molar-refractivity contribution is 5.95. The Kier molecular flexibility index (Phi) is 4.75. The van der Waals surface area contributed by atoms with Crippen molar-refractivity contribution in [3.63, 3.8) is 0 Å². The molecule has 5 aromatic rings. The summed E-state index contributed by atoms with van der Waals surface area (Å²) >= 11 is 0. The van der Waals surface area contributed by atoms with Crippen molar-refractivity contribution in [1.82, 2.24) is 24.6 Å². The molecule has 8 nitrogen and oxygen atoms in total. The van der Waals surface area contributed by atoms with E-state index in [1.165, 1.54) is 40.9 Å². The Balaban J connectivity index is 1.85. The van der Waals surface area contributed by atoms with Crippen LogP contribution in [-0.2, 0) is 12.5 Å². The molecule has 4 heterocycles. The van der Waals surface area contributed by atoms with Crippen LogP contribution in [0.5, 0.6) is 5.75 Å². The van der Waals surface area contributed by atoms with Gasteiger partial charge in [0.1, 0.15) is 28.4 Å². The number of hydrogen-bond donors (Lipinski definition) is 2. The van der Waals surface area contributed by atoms with E-state index < -0.39 is 24.4 Å². The van der Waals surface area contributed by atoms with Gasteiger partial charge in [0.05, 0.1) is 6.61 Å².